The fourth-order valence-electron chi connectivity index (χ4n) is 3.07. The van der Waals surface area contributed by atoms with Gasteiger partial charge >= 0.3 is 0 Å². The predicted molar refractivity (Wildman–Crippen MR) is 95.8 cm³/mol. The zero-order chi connectivity index (χ0) is 18.4. The maximum Gasteiger partial charge on any atom is 0.240 e. The smallest absolute Gasteiger partial charge is 0.240 e. The van der Waals surface area contributed by atoms with E-state index in [0.29, 0.717) is 11.5 Å². The van der Waals surface area contributed by atoms with Crippen molar-refractivity contribution in [2.75, 3.05) is 6.54 Å². The van der Waals surface area contributed by atoms with Gasteiger partial charge in [0.25, 0.3) is 0 Å². The number of carbonyl (C=O) groups excluding carboxylic acids is 2. The van der Waals surface area contributed by atoms with Crippen LogP contribution >= 0.6 is 0 Å². The molecule has 1 aliphatic carbocycles. The number of hydrogen-bond donors (Lipinski definition) is 2. The van der Waals surface area contributed by atoms with Gasteiger partial charge in [-0.1, -0.05) is 31.9 Å². The molecular weight excluding hydrogens is 340 g/mol. The maximum absolute atomic E-state index is 12.3. The molecule has 138 valence electrons. The average molecular weight is 366 g/mol. The number of nitrogens with one attached hydrogen (secondary N) is 2. The van der Waals surface area contributed by atoms with E-state index in [0.717, 1.165) is 19.3 Å². The van der Waals surface area contributed by atoms with E-state index < -0.39 is 10.0 Å². The molecule has 0 bridgehead atoms. The summed E-state index contributed by atoms with van der Waals surface area (Å²) in [4.78, 5) is 23.4. The summed E-state index contributed by atoms with van der Waals surface area (Å²) in [6.07, 6.45) is 4.51. The normalized spacial score (nSPS) is 20.9. The summed E-state index contributed by atoms with van der Waals surface area (Å²) < 4.78 is 27.0. The third-order valence-electron chi connectivity index (χ3n) is 4.65. The molecule has 0 aromatic heterocycles. The van der Waals surface area contributed by atoms with Crippen molar-refractivity contribution in [2.24, 2.45) is 5.92 Å². The van der Waals surface area contributed by atoms with Gasteiger partial charge in [-0.3, -0.25) is 9.59 Å². The molecule has 1 aromatic carbocycles. The van der Waals surface area contributed by atoms with Gasteiger partial charge in [0, 0.05) is 24.6 Å². The van der Waals surface area contributed by atoms with Gasteiger partial charge in [0.1, 0.15) is 0 Å². The molecule has 2 unspecified atom stereocenters. The van der Waals surface area contributed by atoms with E-state index in [1.807, 2.05) is 0 Å². The van der Waals surface area contributed by atoms with Crippen LogP contribution in [0.15, 0.2) is 29.2 Å². The molecule has 1 amide bonds. The Bertz CT molecular complexity index is 730. The van der Waals surface area contributed by atoms with Gasteiger partial charge in [0.05, 0.1) is 4.90 Å². The van der Waals surface area contributed by atoms with E-state index >= 15 is 0 Å². The zero-order valence-corrected chi connectivity index (χ0v) is 15.6. The van der Waals surface area contributed by atoms with Crippen LogP contribution in [0.5, 0.6) is 0 Å². The highest BCUT2D eigenvalue weighted by atomic mass is 32.2. The molecule has 0 spiro atoms. The lowest BCUT2D eigenvalue weighted by molar-refractivity contribution is -0.122. The van der Waals surface area contributed by atoms with Gasteiger partial charge in [-0.15, -0.1) is 0 Å². The fraction of sp³-hybridized carbons (Fsp3) is 0.556. The Labute approximate surface area is 149 Å². The number of carbonyl (C=O) groups is 2. The molecule has 0 saturated heterocycles. The minimum atomic E-state index is -3.74. The van der Waals surface area contributed by atoms with E-state index in [-0.39, 0.29) is 35.6 Å². The first kappa shape index (κ1) is 19.6. The van der Waals surface area contributed by atoms with E-state index in [1.165, 1.54) is 31.5 Å². The van der Waals surface area contributed by atoms with Crippen molar-refractivity contribution in [1.82, 2.24) is 10.0 Å². The first-order valence-corrected chi connectivity index (χ1v) is 10.2. The van der Waals surface area contributed by atoms with Crippen LogP contribution in [0.1, 0.15) is 56.3 Å². The first-order chi connectivity index (χ1) is 11.8. The van der Waals surface area contributed by atoms with Crippen LogP contribution in [0.4, 0.5) is 0 Å². The Morgan fingerprint density at radius 3 is 2.60 bits per heavy atom. The number of Topliss-reactive ketones (excluding diaryl/α,β-unsaturated/α-hetero) is 1. The molecular formula is C18H26N2O4S. The monoisotopic (exact) mass is 366 g/mol. The van der Waals surface area contributed by atoms with Crippen molar-refractivity contribution in [3.8, 4) is 0 Å². The van der Waals surface area contributed by atoms with Crippen LogP contribution in [0, 0.1) is 5.92 Å². The minimum absolute atomic E-state index is 0.0273. The highest BCUT2D eigenvalue weighted by molar-refractivity contribution is 7.89. The lowest BCUT2D eigenvalue weighted by atomic mass is 9.86. The molecule has 0 heterocycles. The minimum Gasteiger partial charge on any atom is -0.353 e. The van der Waals surface area contributed by atoms with Crippen LogP contribution < -0.4 is 10.0 Å². The lowest BCUT2D eigenvalue weighted by Gasteiger charge is -2.29. The Morgan fingerprint density at radius 1 is 1.20 bits per heavy atom. The van der Waals surface area contributed by atoms with Crippen LogP contribution in [-0.2, 0) is 14.8 Å². The Morgan fingerprint density at radius 2 is 1.92 bits per heavy atom. The SMILES string of the molecule is CC(=O)c1cccc(S(=O)(=O)NCCC(=O)NC2CCCCC2C)c1. The number of rotatable bonds is 7. The van der Waals surface area contributed by atoms with Crippen molar-refractivity contribution in [1.29, 1.82) is 0 Å². The first-order valence-electron chi connectivity index (χ1n) is 8.69. The van der Waals surface area contributed by atoms with Crippen molar-refractivity contribution in [3.05, 3.63) is 29.8 Å². The molecule has 2 atom stereocenters. The van der Waals surface area contributed by atoms with Crippen molar-refractivity contribution < 1.29 is 18.0 Å². The van der Waals surface area contributed by atoms with Gasteiger partial charge in [-0.05, 0) is 37.8 Å². The number of hydrogen-bond acceptors (Lipinski definition) is 4. The third-order valence-corrected chi connectivity index (χ3v) is 6.11. The summed E-state index contributed by atoms with van der Waals surface area (Å²) in [6.45, 7) is 3.55. The largest absolute Gasteiger partial charge is 0.353 e. The van der Waals surface area contributed by atoms with E-state index in [4.69, 9.17) is 0 Å². The summed E-state index contributed by atoms with van der Waals surface area (Å²) in [6, 6.07) is 6.06. The molecule has 25 heavy (non-hydrogen) atoms. The van der Waals surface area contributed by atoms with Gasteiger partial charge in [0.2, 0.25) is 15.9 Å². The molecule has 1 aromatic rings. The topological polar surface area (TPSA) is 92.3 Å². The summed E-state index contributed by atoms with van der Waals surface area (Å²) >= 11 is 0. The van der Waals surface area contributed by atoms with Crippen molar-refractivity contribution in [2.45, 2.75) is 56.9 Å². The summed E-state index contributed by atoms with van der Waals surface area (Å²) in [5.41, 5.74) is 0.340. The second-order valence-corrected chi connectivity index (χ2v) is 8.43. The van der Waals surface area contributed by atoms with Gasteiger partial charge in [-0.25, -0.2) is 13.1 Å². The second-order valence-electron chi connectivity index (χ2n) is 6.67. The second kappa shape index (κ2) is 8.58. The molecule has 7 heteroatoms. The summed E-state index contributed by atoms with van der Waals surface area (Å²) in [5, 5.41) is 3.00. The fourth-order valence-corrected chi connectivity index (χ4v) is 4.15. The predicted octanol–water partition coefficient (Wildman–Crippen LogP) is 2.25. The van der Waals surface area contributed by atoms with Crippen molar-refractivity contribution in [3.63, 3.8) is 0 Å². The van der Waals surface area contributed by atoms with Crippen LogP contribution in [0.3, 0.4) is 0 Å². The molecule has 1 aliphatic rings. The standard InChI is InChI=1S/C18H26N2O4S/c1-13-6-3-4-9-17(13)20-18(22)10-11-19-25(23,24)16-8-5-7-15(12-16)14(2)21/h5,7-8,12-13,17,19H,3-4,6,9-11H2,1-2H3,(H,20,22). The van der Waals surface area contributed by atoms with Gasteiger partial charge in [0.15, 0.2) is 5.78 Å². The van der Waals surface area contributed by atoms with Crippen molar-refractivity contribution >= 4 is 21.7 Å². The number of benzene rings is 1. The molecule has 2 N–H and O–H groups in total. The molecule has 0 radical (unpaired) electrons. The Kier molecular flexibility index (Phi) is 6.72. The number of ketones is 1. The van der Waals surface area contributed by atoms with E-state index in [9.17, 15) is 18.0 Å². The van der Waals surface area contributed by atoms with Crippen LogP contribution in [-0.4, -0.2) is 32.7 Å². The van der Waals surface area contributed by atoms with E-state index in [2.05, 4.69) is 17.0 Å². The van der Waals surface area contributed by atoms with Gasteiger partial charge < -0.3 is 5.32 Å². The summed E-state index contributed by atoms with van der Waals surface area (Å²) in [7, 11) is -3.74. The molecule has 0 aliphatic heterocycles. The quantitative estimate of drug-likeness (QED) is 0.724. The van der Waals surface area contributed by atoms with Crippen LogP contribution in [0.25, 0.3) is 0 Å². The molecule has 6 nitrogen and oxygen atoms in total. The highest BCUT2D eigenvalue weighted by Gasteiger charge is 2.23. The molecule has 1 saturated carbocycles. The zero-order valence-electron chi connectivity index (χ0n) is 14.7. The lowest BCUT2D eigenvalue weighted by Crippen LogP contribution is -2.42. The van der Waals surface area contributed by atoms with E-state index in [1.54, 1.807) is 6.07 Å². The Balaban J connectivity index is 1.86. The molecule has 1 fully saturated rings. The maximum atomic E-state index is 12.3. The number of sulfonamides is 1. The summed E-state index contributed by atoms with van der Waals surface area (Å²) in [5.74, 6) is 0.126. The van der Waals surface area contributed by atoms with Crippen LogP contribution in [0.2, 0.25) is 0 Å². The number of amides is 1. The third kappa shape index (κ3) is 5.64. The Hall–Kier alpha value is -1.73. The average Bonchev–Trinajstić information content (AvgIpc) is 2.57. The molecule has 2 rings (SSSR count). The van der Waals surface area contributed by atoms with Gasteiger partial charge in [-0.2, -0.15) is 0 Å². The highest BCUT2D eigenvalue weighted by Crippen LogP contribution is 2.23.